The molecule has 2 N–H and O–H groups in total. The number of hydrogen-bond donors (Lipinski definition) is 1. The molecule has 7 nitrogen and oxygen atoms in total. The Kier molecular flexibility index (Phi) is 5.64. The van der Waals surface area contributed by atoms with Crippen molar-refractivity contribution in [3.63, 3.8) is 0 Å². The van der Waals surface area contributed by atoms with Crippen molar-refractivity contribution in [2.24, 2.45) is 11.1 Å². The quantitative estimate of drug-likeness (QED) is 0.575. The molecular formula is C13H25N5O2. The molecule has 1 aromatic rings. The Hall–Kier alpha value is -1.47. The van der Waals surface area contributed by atoms with Gasteiger partial charge in [-0.1, -0.05) is 20.8 Å². The summed E-state index contributed by atoms with van der Waals surface area (Å²) >= 11 is 0. The number of nitrogens with two attached hydrogens (primary N) is 1. The summed E-state index contributed by atoms with van der Waals surface area (Å²) in [5.41, 5.74) is 5.80. The molecule has 1 rings (SSSR count). The maximum Gasteiger partial charge on any atom is 0.342 e. The van der Waals surface area contributed by atoms with Crippen LogP contribution in [0.15, 0.2) is 6.20 Å². The van der Waals surface area contributed by atoms with Gasteiger partial charge in [-0.3, -0.25) is 4.90 Å². The van der Waals surface area contributed by atoms with E-state index in [-0.39, 0.29) is 16.2 Å². The zero-order chi connectivity index (χ0) is 15.3. The van der Waals surface area contributed by atoms with Crippen LogP contribution in [0, 0.1) is 22.5 Å². The van der Waals surface area contributed by atoms with E-state index in [4.69, 9.17) is 5.73 Å². The maximum absolute atomic E-state index is 10.9. The van der Waals surface area contributed by atoms with E-state index in [1.54, 1.807) is 11.5 Å². The van der Waals surface area contributed by atoms with Crippen LogP contribution in [0.5, 0.6) is 0 Å². The van der Waals surface area contributed by atoms with Crippen molar-refractivity contribution in [2.45, 2.75) is 34.2 Å². The van der Waals surface area contributed by atoms with Crippen molar-refractivity contribution in [1.29, 1.82) is 0 Å². The Morgan fingerprint density at radius 1 is 1.55 bits per heavy atom. The summed E-state index contributed by atoms with van der Waals surface area (Å²) < 4.78 is 1.65. The third-order valence-electron chi connectivity index (χ3n) is 3.51. The lowest BCUT2D eigenvalue weighted by Gasteiger charge is -2.30. The molecule has 0 atom stereocenters. The fraction of sp³-hybridized carbons (Fsp3) is 0.769. The van der Waals surface area contributed by atoms with E-state index in [2.05, 4.69) is 30.7 Å². The number of rotatable bonds is 8. The second kappa shape index (κ2) is 6.81. The molecule has 114 valence electrons. The highest BCUT2D eigenvalue weighted by molar-refractivity contribution is 5.18. The predicted molar refractivity (Wildman–Crippen MR) is 78.6 cm³/mol. The number of aromatic nitrogens is 2. The Balaban J connectivity index is 2.70. The summed E-state index contributed by atoms with van der Waals surface area (Å²) in [5, 5.41) is 10.9. The van der Waals surface area contributed by atoms with Gasteiger partial charge in [-0.05, 0) is 23.4 Å². The van der Waals surface area contributed by atoms with Crippen molar-refractivity contribution in [1.82, 2.24) is 14.5 Å². The van der Waals surface area contributed by atoms with Gasteiger partial charge < -0.3 is 15.8 Å². The molecule has 0 unspecified atom stereocenters. The fourth-order valence-corrected chi connectivity index (χ4v) is 2.14. The summed E-state index contributed by atoms with van der Waals surface area (Å²) in [6, 6.07) is 0. The lowest BCUT2D eigenvalue weighted by atomic mass is 9.93. The van der Waals surface area contributed by atoms with Gasteiger partial charge in [0, 0.05) is 20.0 Å². The van der Waals surface area contributed by atoms with E-state index in [0.29, 0.717) is 18.9 Å². The largest absolute Gasteiger partial charge is 0.358 e. The Bertz CT molecular complexity index is 456. The van der Waals surface area contributed by atoms with E-state index in [9.17, 15) is 10.1 Å². The van der Waals surface area contributed by atoms with Crippen molar-refractivity contribution in [2.75, 3.05) is 26.2 Å². The van der Waals surface area contributed by atoms with E-state index < -0.39 is 0 Å². The van der Waals surface area contributed by atoms with Gasteiger partial charge in [-0.2, -0.15) is 0 Å². The standard InChI is InChI=1S/C13H25N5O2/c1-5-16(10-13(3,4)9-14)6-7-17-11(2)15-8-12(17)18(19)20/h8H,5-7,9-10,14H2,1-4H3. The first-order valence-electron chi connectivity index (χ1n) is 6.89. The highest BCUT2D eigenvalue weighted by Gasteiger charge is 2.22. The van der Waals surface area contributed by atoms with Crippen LogP contribution in [0.3, 0.4) is 0 Å². The summed E-state index contributed by atoms with van der Waals surface area (Å²) in [7, 11) is 0. The highest BCUT2D eigenvalue weighted by Crippen LogP contribution is 2.16. The molecule has 20 heavy (non-hydrogen) atoms. The first-order valence-corrected chi connectivity index (χ1v) is 6.89. The molecule has 0 saturated heterocycles. The molecular weight excluding hydrogens is 258 g/mol. The van der Waals surface area contributed by atoms with Crippen LogP contribution in [0.25, 0.3) is 0 Å². The molecule has 0 spiro atoms. The molecule has 1 aromatic heterocycles. The van der Waals surface area contributed by atoms with Gasteiger partial charge in [0.2, 0.25) is 0 Å². The normalized spacial score (nSPS) is 12.1. The molecule has 1 heterocycles. The minimum atomic E-state index is -0.389. The number of nitrogens with zero attached hydrogens (tertiary/aromatic N) is 4. The molecule has 0 fully saturated rings. The molecule has 0 aliphatic carbocycles. The SMILES string of the molecule is CCN(CCn1c([N+](=O)[O-])cnc1C)CC(C)(C)CN. The zero-order valence-electron chi connectivity index (χ0n) is 12.8. The fourth-order valence-electron chi connectivity index (χ4n) is 2.14. The van der Waals surface area contributed by atoms with Crippen molar-refractivity contribution < 1.29 is 4.92 Å². The lowest BCUT2D eigenvalue weighted by molar-refractivity contribution is -0.392. The van der Waals surface area contributed by atoms with Gasteiger partial charge in [0.25, 0.3) is 0 Å². The number of nitro groups is 1. The molecule has 0 aliphatic rings. The average Bonchev–Trinajstić information content (AvgIpc) is 2.76. The van der Waals surface area contributed by atoms with Crippen LogP contribution < -0.4 is 5.73 Å². The van der Waals surface area contributed by atoms with Gasteiger partial charge in [-0.15, -0.1) is 0 Å². The van der Waals surface area contributed by atoms with Gasteiger partial charge >= 0.3 is 5.82 Å². The average molecular weight is 283 g/mol. The third-order valence-corrected chi connectivity index (χ3v) is 3.51. The molecule has 0 aliphatic heterocycles. The maximum atomic E-state index is 10.9. The minimum Gasteiger partial charge on any atom is -0.358 e. The van der Waals surface area contributed by atoms with Crippen LogP contribution in [-0.2, 0) is 6.54 Å². The second-order valence-corrected chi connectivity index (χ2v) is 5.81. The number of hydrogen-bond acceptors (Lipinski definition) is 5. The smallest absolute Gasteiger partial charge is 0.342 e. The third kappa shape index (κ3) is 4.28. The van der Waals surface area contributed by atoms with E-state index >= 15 is 0 Å². The Morgan fingerprint density at radius 3 is 2.70 bits per heavy atom. The molecule has 0 radical (unpaired) electrons. The van der Waals surface area contributed by atoms with Crippen LogP contribution in [0.4, 0.5) is 5.82 Å². The highest BCUT2D eigenvalue weighted by atomic mass is 16.6. The number of aryl methyl sites for hydroxylation is 1. The summed E-state index contributed by atoms with van der Waals surface area (Å²) in [4.78, 5) is 16.8. The summed E-state index contributed by atoms with van der Waals surface area (Å²) in [6.45, 7) is 11.8. The molecule has 0 aromatic carbocycles. The van der Waals surface area contributed by atoms with Crippen molar-refractivity contribution in [3.8, 4) is 0 Å². The number of likely N-dealkylation sites (N-methyl/N-ethyl adjacent to an activating group) is 1. The van der Waals surface area contributed by atoms with Crippen molar-refractivity contribution in [3.05, 3.63) is 22.1 Å². The Morgan fingerprint density at radius 2 is 2.20 bits per heavy atom. The number of imidazole rings is 1. The molecule has 0 saturated carbocycles. The predicted octanol–water partition coefficient (Wildman–Crippen LogP) is 1.41. The van der Waals surface area contributed by atoms with E-state index in [0.717, 1.165) is 19.6 Å². The van der Waals surface area contributed by atoms with Crippen LogP contribution in [0.2, 0.25) is 0 Å². The minimum absolute atomic E-state index is 0.0475. The monoisotopic (exact) mass is 283 g/mol. The van der Waals surface area contributed by atoms with Crippen LogP contribution in [-0.4, -0.2) is 45.6 Å². The lowest BCUT2D eigenvalue weighted by Crippen LogP contribution is -2.40. The summed E-state index contributed by atoms with van der Waals surface area (Å²) in [6.07, 6.45) is 1.31. The van der Waals surface area contributed by atoms with Crippen LogP contribution >= 0.6 is 0 Å². The second-order valence-electron chi connectivity index (χ2n) is 5.81. The van der Waals surface area contributed by atoms with Crippen LogP contribution in [0.1, 0.15) is 26.6 Å². The topological polar surface area (TPSA) is 90.2 Å². The molecule has 0 bridgehead atoms. The van der Waals surface area contributed by atoms with Gasteiger partial charge in [-0.25, -0.2) is 9.55 Å². The molecule has 0 amide bonds. The van der Waals surface area contributed by atoms with E-state index in [1.807, 2.05) is 0 Å². The van der Waals surface area contributed by atoms with E-state index in [1.165, 1.54) is 6.20 Å². The zero-order valence-corrected chi connectivity index (χ0v) is 12.8. The van der Waals surface area contributed by atoms with Crippen molar-refractivity contribution >= 4 is 5.82 Å². The van der Waals surface area contributed by atoms with Gasteiger partial charge in [0.05, 0.1) is 0 Å². The summed E-state index contributed by atoms with van der Waals surface area (Å²) in [5.74, 6) is 0.725. The Labute approximate surface area is 119 Å². The van der Waals surface area contributed by atoms with Gasteiger partial charge in [0.1, 0.15) is 12.7 Å². The first-order chi connectivity index (χ1) is 9.30. The first kappa shape index (κ1) is 16.6. The van der Waals surface area contributed by atoms with Gasteiger partial charge in [0.15, 0.2) is 5.82 Å². The molecule has 7 heteroatoms.